The third kappa shape index (κ3) is 3.41. The first-order valence-corrected chi connectivity index (χ1v) is 8.37. The van der Waals surface area contributed by atoms with Crippen LogP contribution in [-0.4, -0.2) is 37.8 Å². The number of aromatic amines is 2. The van der Waals surface area contributed by atoms with Gasteiger partial charge < -0.3 is 0 Å². The second-order valence-electron chi connectivity index (χ2n) is 6.06. The van der Waals surface area contributed by atoms with Crippen LogP contribution in [0.3, 0.4) is 0 Å². The van der Waals surface area contributed by atoms with Gasteiger partial charge in [0.2, 0.25) is 0 Å². The van der Waals surface area contributed by atoms with Crippen molar-refractivity contribution in [2.24, 2.45) is 0 Å². The maximum atomic E-state index is 12.2. The Morgan fingerprint density at radius 1 is 0.692 bits per heavy atom. The van der Waals surface area contributed by atoms with Crippen molar-refractivity contribution in [2.45, 2.75) is 32.2 Å². The number of amides is 2. The summed E-state index contributed by atoms with van der Waals surface area (Å²) in [6.45, 7) is 0.531. The van der Waals surface area contributed by atoms with Crippen LogP contribution < -0.4 is 17.1 Å². The van der Waals surface area contributed by atoms with Crippen molar-refractivity contribution in [3.63, 3.8) is 0 Å². The summed E-state index contributed by atoms with van der Waals surface area (Å²) in [5.74, 6) is -0.533. The van der Waals surface area contributed by atoms with E-state index in [0.717, 1.165) is 11.0 Å². The Hall–Kier alpha value is -3.23. The van der Waals surface area contributed by atoms with Crippen molar-refractivity contribution in [1.29, 1.82) is 0 Å². The minimum Gasteiger partial charge on any atom is -0.274 e. The largest absolute Gasteiger partial charge is 0.333 e. The van der Waals surface area contributed by atoms with Gasteiger partial charge in [-0.2, -0.15) is 0 Å². The molecule has 0 fully saturated rings. The lowest BCUT2D eigenvalue weighted by Crippen LogP contribution is -2.43. The van der Waals surface area contributed by atoms with Gasteiger partial charge in [0.15, 0.2) is 0 Å². The maximum Gasteiger partial charge on any atom is 0.333 e. The Morgan fingerprint density at radius 2 is 1.19 bits per heavy atom. The maximum absolute atomic E-state index is 12.2. The standard InChI is InChI=1S/C17H18N4O5/c22-13-11-7-3-4-8-12(11)14(23)20(13)9-5-1-2-6-10-21-16(25)18-15(24)19-17(21)26/h3-4,7-8H,1-2,5-6,9-10H2,(H2,18,19,24,25,26). The van der Waals surface area contributed by atoms with Gasteiger partial charge in [0.1, 0.15) is 0 Å². The molecule has 0 aliphatic carbocycles. The molecule has 0 unspecified atom stereocenters. The van der Waals surface area contributed by atoms with Crippen molar-refractivity contribution in [3.8, 4) is 0 Å². The molecular formula is C17H18N4O5. The topological polar surface area (TPSA) is 125 Å². The van der Waals surface area contributed by atoms with Crippen LogP contribution in [0.25, 0.3) is 0 Å². The predicted octanol–water partition coefficient (Wildman–Crippen LogP) is 0.0815. The molecule has 1 aromatic carbocycles. The number of aromatic nitrogens is 3. The van der Waals surface area contributed by atoms with Gasteiger partial charge in [-0.1, -0.05) is 25.0 Å². The van der Waals surface area contributed by atoms with E-state index in [1.54, 1.807) is 24.3 Å². The van der Waals surface area contributed by atoms with E-state index in [1.165, 1.54) is 4.90 Å². The zero-order valence-corrected chi connectivity index (χ0v) is 14.0. The highest BCUT2D eigenvalue weighted by molar-refractivity contribution is 6.21. The fourth-order valence-corrected chi connectivity index (χ4v) is 2.99. The molecule has 9 nitrogen and oxygen atoms in total. The molecule has 9 heteroatoms. The van der Waals surface area contributed by atoms with E-state index in [4.69, 9.17) is 0 Å². The lowest BCUT2D eigenvalue weighted by atomic mass is 10.1. The molecule has 1 aromatic heterocycles. The van der Waals surface area contributed by atoms with Crippen LogP contribution in [0.1, 0.15) is 46.4 Å². The van der Waals surface area contributed by atoms with Gasteiger partial charge in [-0.15, -0.1) is 0 Å². The molecule has 136 valence electrons. The number of hydrogen-bond acceptors (Lipinski definition) is 5. The summed E-state index contributed by atoms with van der Waals surface area (Å²) in [5.41, 5.74) is -1.41. The zero-order chi connectivity index (χ0) is 18.7. The van der Waals surface area contributed by atoms with Gasteiger partial charge in [-0.3, -0.25) is 24.5 Å². The van der Waals surface area contributed by atoms with Crippen molar-refractivity contribution >= 4 is 11.8 Å². The molecule has 0 spiro atoms. The molecule has 2 amide bonds. The van der Waals surface area contributed by atoms with E-state index in [9.17, 15) is 24.0 Å². The fraction of sp³-hybridized carbons (Fsp3) is 0.353. The van der Waals surface area contributed by atoms with Gasteiger partial charge in [0.05, 0.1) is 11.1 Å². The number of unbranched alkanes of at least 4 members (excludes halogenated alkanes) is 3. The molecule has 26 heavy (non-hydrogen) atoms. The average molecular weight is 358 g/mol. The van der Waals surface area contributed by atoms with Gasteiger partial charge >= 0.3 is 17.1 Å². The Balaban J connectivity index is 1.45. The summed E-state index contributed by atoms with van der Waals surface area (Å²) < 4.78 is 0.936. The molecular weight excluding hydrogens is 340 g/mol. The quantitative estimate of drug-likeness (QED) is 0.536. The molecule has 2 heterocycles. The minimum absolute atomic E-state index is 0.192. The molecule has 0 saturated carbocycles. The van der Waals surface area contributed by atoms with Crippen LogP contribution in [0.2, 0.25) is 0 Å². The third-order valence-corrected chi connectivity index (χ3v) is 4.32. The van der Waals surface area contributed by atoms with Crippen molar-refractivity contribution in [2.75, 3.05) is 6.54 Å². The van der Waals surface area contributed by atoms with Crippen LogP contribution in [-0.2, 0) is 6.54 Å². The Morgan fingerprint density at radius 3 is 1.73 bits per heavy atom. The highest BCUT2D eigenvalue weighted by atomic mass is 16.2. The predicted molar refractivity (Wildman–Crippen MR) is 92.2 cm³/mol. The summed E-state index contributed by atoms with van der Waals surface area (Å²) >= 11 is 0. The van der Waals surface area contributed by atoms with E-state index in [2.05, 4.69) is 0 Å². The van der Waals surface area contributed by atoms with E-state index in [0.29, 0.717) is 36.9 Å². The average Bonchev–Trinajstić information content (AvgIpc) is 2.84. The van der Waals surface area contributed by atoms with E-state index in [1.807, 2.05) is 9.97 Å². The molecule has 3 rings (SSSR count). The summed E-state index contributed by atoms with van der Waals surface area (Å²) in [4.78, 5) is 63.7. The van der Waals surface area contributed by atoms with Crippen LogP contribution >= 0.6 is 0 Å². The number of rotatable bonds is 7. The molecule has 1 aliphatic rings. The van der Waals surface area contributed by atoms with Crippen molar-refractivity contribution in [3.05, 3.63) is 66.8 Å². The van der Waals surface area contributed by atoms with Crippen LogP contribution in [0, 0.1) is 0 Å². The molecule has 0 radical (unpaired) electrons. The summed E-state index contributed by atoms with van der Waals surface area (Å²) in [5, 5.41) is 0. The van der Waals surface area contributed by atoms with Gasteiger partial charge in [0, 0.05) is 13.1 Å². The number of hydrogen-bond donors (Lipinski definition) is 2. The second-order valence-corrected chi connectivity index (χ2v) is 6.06. The number of nitrogens with zero attached hydrogens (tertiary/aromatic N) is 2. The van der Waals surface area contributed by atoms with E-state index < -0.39 is 17.1 Å². The summed E-state index contributed by atoms with van der Waals surface area (Å²) in [6.07, 6.45) is 2.66. The first kappa shape index (κ1) is 17.6. The number of carbonyl (C=O) groups is 2. The molecule has 0 saturated heterocycles. The third-order valence-electron chi connectivity index (χ3n) is 4.32. The molecule has 0 atom stereocenters. The number of nitrogens with one attached hydrogen (secondary N) is 2. The lowest BCUT2D eigenvalue weighted by molar-refractivity contribution is 0.0651. The highest BCUT2D eigenvalue weighted by Crippen LogP contribution is 2.22. The first-order valence-electron chi connectivity index (χ1n) is 8.37. The van der Waals surface area contributed by atoms with Crippen molar-refractivity contribution in [1.82, 2.24) is 19.4 Å². The number of fused-ring (bicyclic) bond motifs is 1. The van der Waals surface area contributed by atoms with Gasteiger partial charge in [0.25, 0.3) is 11.8 Å². The van der Waals surface area contributed by atoms with Crippen LogP contribution in [0.15, 0.2) is 38.6 Å². The van der Waals surface area contributed by atoms with Gasteiger partial charge in [-0.05, 0) is 25.0 Å². The minimum atomic E-state index is -0.822. The first-order chi connectivity index (χ1) is 12.5. The zero-order valence-electron chi connectivity index (χ0n) is 14.0. The Labute approximate surface area is 147 Å². The molecule has 2 aromatic rings. The van der Waals surface area contributed by atoms with E-state index >= 15 is 0 Å². The SMILES string of the molecule is O=C1c2ccccc2C(=O)N1CCCCCCn1c(=O)[nH]c(=O)[nH]c1=O. The number of H-pyrrole nitrogens is 2. The molecule has 0 bridgehead atoms. The molecule has 1 aliphatic heterocycles. The Bertz CT molecular complexity index is 947. The number of imide groups is 1. The highest BCUT2D eigenvalue weighted by Gasteiger charge is 2.34. The molecule has 2 N–H and O–H groups in total. The van der Waals surface area contributed by atoms with Crippen LogP contribution in [0.5, 0.6) is 0 Å². The van der Waals surface area contributed by atoms with Crippen LogP contribution in [0.4, 0.5) is 0 Å². The normalized spacial score (nSPS) is 13.3. The summed E-state index contributed by atoms with van der Waals surface area (Å²) in [6, 6.07) is 6.76. The second kappa shape index (κ2) is 7.34. The van der Waals surface area contributed by atoms with E-state index in [-0.39, 0.29) is 18.4 Å². The Kier molecular flexibility index (Phi) is 4.97. The van der Waals surface area contributed by atoms with Gasteiger partial charge in [-0.25, -0.2) is 19.0 Å². The summed E-state index contributed by atoms with van der Waals surface area (Å²) in [7, 11) is 0. The number of benzene rings is 1. The number of carbonyl (C=O) groups excluding carboxylic acids is 2. The van der Waals surface area contributed by atoms with Crippen molar-refractivity contribution < 1.29 is 9.59 Å². The monoisotopic (exact) mass is 358 g/mol. The lowest BCUT2D eigenvalue weighted by Gasteiger charge is -2.13. The fourth-order valence-electron chi connectivity index (χ4n) is 2.99. The smallest absolute Gasteiger partial charge is 0.274 e.